The number of carbonyl (C=O) groups is 2. The highest BCUT2D eigenvalue weighted by Crippen LogP contribution is 2.58. The number of hydrogen-bond acceptors (Lipinski definition) is 4. The zero-order valence-corrected chi connectivity index (χ0v) is 13.5. The normalized spacial score (nSPS) is 27.3. The number of rotatable bonds is 7. The lowest BCUT2D eigenvalue weighted by Crippen LogP contribution is -2.40. The highest BCUT2D eigenvalue weighted by atomic mass is 32.2. The molecule has 1 saturated heterocycles. The minimum Gasteiger partial charge on any atom is -0.323 e. The second kappa shape index (κ2) is 5.24. The van der Waals surface area contributed by atoms with Gasteiger partial charge in [-0.15, -0.1) is 0 Å². The molecule has 2 N–H and O–H groups in total. The van der Waals surface area contributed by atoms with Gasteiger partial charge in [0.1, 0.15) is 5.54 Å². The summed E-state index contributed by atoms with van der Waals surface area (Å²) in [7, 11) is -3.33. The van der Waals surface area contributed by atoms with E-state index in [2.05, 4.69) is 10.0 Å². The van der Waals surface area contributed by atoms with E-state index in [4.69, 9.17) is 0 Å². The average molecular weight is 317 g/mol. The van der Waals surface area contributed by atoms with Crippen LogP contribution < -0.4 is 10.0 Å². The van der Waals surface area contributed by atoms with Crippen molar-refractivity contribution in [1.82, 2.24) is 14.9 Å². The maximum atomic E-state index is 12.3. The van der Waals surface area contributed by atoms with Crippen LogP contribution in [-0.2, 0) is 14.8 Å². The Morgan fingerprint density at radius 3 is 2.43 bits per heavy atom. The lowest BCUT2D eigenvalue weighted by atomic mass is 10.1. The zero-order valence-electron chi connectivity index (χ0n) is 12.7. The summed E-state index contributed by atoms with van der Waals surface area (Å²) in [4.78, 5) is 25.3. The van der Waals surface area contributed by atoms with E-state index in [0.717, 1.165) is 11.3 Å². The fraction of sp³-hybridized carbons (Fsp3) is 0.846. The lowest BCUT2D eigenvalue weighted by molar-refractivity contribution is -0.129. The molecule has 1 aliphatic heterocycles. The lowest BCUT2D eigenvalue weighted by Gasteiger charge is -2.14. The van der Waals surface area contributed by atoms with E-state index in [0.29, 0.717) is 12.8 Å². The Morgan fingerprint density at radius 2 is 1.95 bits per heavy atom. The third kappa shape index (κ3) is 2.91. The summed E-state index contributed by atoms with van der Waals surface area (Å²) in [6.07, 6.45) is 2.02. The molecule has 1 saturated carbocycles. The molecule has 0 aromatic rings. The van der Waals surface area contributed by atoms with Crippen molar-refractivity contribution < 1.29 is 18.0 Å². The van der Waals surface area contributed by atoms with Crippen molar-refractivity contribution in [3.8, 4) is 0 Å². The molecule has 2 fully saturated rings. The van der Waals surface area contributed by atoms with Gasteiger partial charge in [-0.3, -0.25) is 9.69 Å². The first-order valence-corrected chi connectivity index (χ1v) is 8.92. The molecule has 120 valence electrons. The summed E-state index contributed by atoms with van der Waals surface area (Å²) in [5.41, 5.74) is -1.000. The van der Waals surface area contributed by atoms with E-state index in [1.54, 1.807) is 0 Å². The molecule has 8 heteroatoms. The molecule has 0 aromatic carbocycles. The summed E-state index contributed by atoms with van der Waals surface area (Å²) < 4.78 is 25.7. The minimum absolute atomic E-state index is 0.0573. The number of unbranched alkanes of at least 4 members (excludes halogenated alkanes) is 1. The molecule has 1 aliphatic carbocycles. The first kappa shape index (κ1) is 16.2. The van der Waals surface area contributed by atoms with E-state index in [9.17, 15) is 18.0 Å². The fourth-order valence-corrected chi connectivity index (χ4v) is 3.96. The molecule has 0 radical (unpaired) electrons. The SMILES string of the molecule is CCCCS(=O)(=O)NCCN1C(=O)NC2(CC2(C)C)C1=O. The number of sulfonamides is 1. The van der Waals surface area contributed by atoms with Crippen molar-refractivity contribution in [2.75, 3.05) is 18.8 Å². The van der Waals surface area contributed by atoms with Gasteiger partial charge in [-0.2, -0.15) is 0 Å². The molecular formula is C13H23N3O4S. The molecule has 1 heterocycles. The Hall–Kier alpha value is -1.15. The predicted molar refractivity (Wildman–Crippen MR) is 78.1 cm³/mol. The van der Waals surface area contributed by atoms with E-state index in [1.165, 1.54) is 0 Å². The zero-order chi connectivity index (χ0) is 15.9. The summed E-state index contributed by atoms with van der Waals surface area (Å²) in [6.45, 7) is 5.90. The van der Waals surface area contributed by atoms with E-state index >= 15 is 0 Å². The van der Waals surface area contributed by atoms with Crippen LogP contribution in [0.3, 0.4) is 0 Å². The Morgan fingerprint density at radius 1 is 1.33 bits per heavy atom. The summed E-state index contributed by atoms with van der Waals surface area (Å²) in [6, 6.07) is -0.432. The van der Waals surface area contributed by atoms with Crippen molar-refractivity contribution in [1.29, 1.82) is 0 Å². The molecule has 2 rings (SSSR count). The topological polar surface area (TPSA) is 95.6 Å². The van der Waals surface area contributed by atoms with Crippen molar-refractivity contribution >= 4 is 22.0 Å². The number of hydrogen-bond donors (Lipinski definition) is 2. The molecule has 1 atom stereocenters. The summed E-state index contributed by atoms with van der Waals surface area (Å²) >= 11 is 0. The van der Waals surface area contributed by atoms with Crippen LogP contribution in [0.2, 0.25) is 0 Å². The first-order valence-electron chi connectivity index (χ1n) is 7.27. The molecule has 2 aliphatic rings. The van der Waals surface area contributed by atoms with Gasteiger partial charge in [-0.1, -0.05) is 27.2 Å². The number of nitrogens with zero attached hydrogens (tertiary/aromatic N) is 1. The van der Waals surface area contributed by atoms with Crippen LogP contribution in [0, 0.1) is 5.41 Å². The molecule has 0 bridgehead atoms. The molecule has 7 nitrogen and oxygen atoms in total. The number of imide groups is 1. The monoisotopic (exact) mass is 317 g/mol. The Labute approximate surface area is 125 Å². The first-order chi connectivity index (χ1) is 9.65. The number of carbonyl (C=O) groups excluding carboxylic acids is 2. The molecule has 3 amide bonds. The standard InChI is InChI=1S/C13H23N3O4S/c1-4-5-8-21(19,20)14-6-7-16-10(17)13(15-11(16)18)9-12(13,2)3/h14H,4-9H2,1-3H3,(H,15,18). The van der Waals surface area contributed by atoms with Crippen LogP contribution >= 0.6 is 0 Å². The average Bonchev–Trinajstić information content (AvgIpc) is 2.84. The van der Waals surface area contributed by atoms with E-state index < -0.39 is 21.6 Å². The van der Waals surface area contributed by atoms with Crippen molar-refractivity contribution in [2.24, 2.45) is 5.41 Å². The van der Waals surface area contributed by atoms with Crippen LogP contribution in [0.15, 0.2) is 0 Å². The van der Waals surface area contributed by atoms with Crippen LogP contribution in [0.25, 0.3) is 0 Å². The summed E-state index contributed by atoms with van der Waals surface area (Å²) in [5.74, 6) is -0.175. The van der Waals surface area contributed by atoms with Crippen LogP contribution in [0.4, 0.5) is 4.79 Å². The fourth-order valence-electron chi connectivity index (χ4n) is 2.75. The van der Waals surface area contributed by atoms with Gasteiger partial charge in [0.25, 0.3) is 5.91 Å². The van der Waals surface area contributed by atoms with Gasteiger partial charge in [0.2, 0.25) is 10.0 Å². The molecule has 1 spiro atoms. The smallest absolute Gasteiger partial charge is 0.323 e. The van der Waals surface area contributed by atoms with Crippen LogP contribution in [-0.4, -0.2) is 49.6 Å². The van der Waals surface area contributed by atoms with E-state index in [1.807, 2.05) is 20.8 Å². The second-order valence-corrected chi connectivity index (χ2v) is 8.35. The predicted octanol–water partition coefficient (Wildman–Crippen LogP) is 0.426. The Balaban J connectivity index is 1.87. The molecular weight excluding hydrogens is 294 g/mol. The van der Waals surface area contributed by atoms with Crippen LogP contribution in [0.1, 0.15) is 40.0 Å². The van der Waals surface area contributed by atoms with Crippen LogP contribution in [0.5, 0.6) is 0 Å². The maximum Gasteiger partial charge on any atom is 0.325 e. The highest BCUT2D eigenvalue weighted by Gasteiger charge is 2.72. The molecule has 0 aromatic heterocycles. The third-order valence-corrected chi connectivity index (χ3v) is 5.81. The van der Waals surface area contributed by atoms with Gasteiger partial charge < -0.3 is 5.32 Å². The third-order valence-electron chi connectivity index (χ3n) is 4.34. The highest BCUT2D eigenvalue weighted by molar-refractivity contribution is 7.89. The number of nitrogens with one attached hydrogen (secondary N) is 2. The molecule has 1 unspecified atom stereocenters. The Bertz CT molecular complexity index is 558. The maximum absolute atomic E-state index is 12.3. The second-order valence-electron chi connectivity index (χ2n) is 6.42. The number of amides is 3. The van der Waals surface area contributed by atoms with E-state index in [-0.39, 0.29) is 30.2 Å². The minimum atomic E-state index is -3.33. The molecule has 21 heavy (non-hydrogen) atoms. The number of urea groups is 1. The van der Waals surface area contributed by atoms with Crippen molar-refractivity contribution in [3.63, 3.8) is 0 Å². The van der Waals surface area contributed by atoms with Gasteiger partial charge in [0, 0.05) is 13.1 Å². The van der Waals surface area contributed by atoms with Gasteiger partial charge >= 0.3 is 6.03 Å². The van der Waals surface area contributed by atoms with Crippen molar-refractivity contribution in [2.45, 2.75) is 45.6 Å². The Kier molecular flexibility index (Phi) is 4.05. The largest absolute Gasteiger partial charge is 0.325 e. The van der Waals surface area contributed by atoms with Gasteiger partial charge in [-0.25, -0.2) is 17.9 Å². The van der Waals surface area contributed by atoms with Gasteiger partial charge in [0.15, 0.2) is 0 Å². The van der Waals surface area contributed by atoms with Gasteiger partial charge in [-0.05, 0) is 18.3 Å². The quantitative estimate of drug-likeness (QED) is 0.666. The summed E-state index contributed by atoms with van der Waals surface area (Å²) in [5, 5.41) is 2.74. The van der Waals surface area contributed by atoms with Crippen molar-refractivity contribution in [3.05, 3.63) is 0 Å². The van der Waals surface area contributed by atoms with Gasteiger partial charge in [0.05, 0.1) is 5.75 Å².